The second-order valence-corrected chi connectivity index (χ2v) is 6.41. The molecule has 1 aliphatic carbocycles. The third kappa shape index (κ3) is 3.12. The molecule has 0 saturated heterocycles. The summed E-state index contributed by atoms with van der Waals surface area (Å²) in [6, 6.07) is 8.71. The third-order valence-corrected chi connectivity index (χ3v) is 4.90. The Morgan fingerprint density at radius 3 is 2.84 bits per heavy atom. The SMILES string of the molecule is CCC1CCC(C#N)(Cc2ccc(OC)c(Br)c2)C1. The molecule has 0 N–H and O–H groups in total. The van der Waals surface area contributed by atoms with Crippen LogP contribution in [0.1, 0.15) is 38.2 Å². The highest BCUT2D eigenvalue weighted by atomic mass is 79.9. The number of hydrogen-bond donors (Lipinski definition) is 0. The predicted molar refractivity (Wildman–Crippen MR) is 80.1 cm³/mol. The first-order valence-corrected chi connectivity index (χ1v) is 7.65. The summed E-state index contributed by atoms with van der Waals surface area (Å²) in [5.74, 6) is 1.56. The molecule has 0 radical (unpaired) electrons. The van der Waals surface area contributed by atoms with E-state index in [-0.39, 0.29) is 5.41 Å². The van der Waals surface area contributed by atoms with Crippen LogP contribution in [0.5, 0.6) is 5.75 Å². The zero-order valence-electron chi connectivity index (χ0n) is 11.6. The van der Waals surface area contributed by atoms with Gasteiger partial charge in [0.2, 0.25) is 0 Å². The lowest BCUT2D eigenvalue weighted by atomic mass is 9.80. The molecule has 2 atom stereocenters. The van der Waals surface area contributed by atoms with E-state index >= 15 is 0 Å². The Morgan fingerprint density at radius 1 is 1.53 bits per heavy atom. The van der Waals surface area contributed by atoms with Gasteiger partial charge in [-0.25, -0.2) is 0 Å². The fourth-order valence-corrected chi connectivity index (χ4v) is 3.69. The summed E-state index contributed by atoms with van der Waals surface area (Å²) < 4.78 is 6.21. The molecule has 3 heteroatoms. The van der Waals surface area contributed by atoms with E-state index in [1.807, 2.05) is 6.07 Å². The number of benzene rings is 1. The van der Waals surface area contributed by atoms with Gasteiger partial charge in [-0.3, -0.25) is 0 Å². The zero-order valence-corrected chi connectivity index (χ0v) is 13.2. The number of nitrogens with zero attached hydrogens (tertiary/aromatic N) is 1. The van der Waals surface area contributed by atoms with Crippen LogP contribution >= 0.6 is 15.9 Å². The highest BCUT2D eigenvalue weighted by Gasteiger charge is 2.38. The van der Waals surface area contributed by atoms with Gasteiger partial charge in [-0.15, -0.1) is 0 Å². The number of hydrogen-bond acceptors (Lipinski definition) is 2. The third-order valence-electron chi connectivity index (χ3n) is 4.28. The Hall–Kier alpha value is -1.01. The number of methoxy groups -OCH3 is 1. The van der Waals surface area contributed by atoms with Crippen molar-refractivity contribution in [3.63, 3.8) is 0 Å². The van der Waals surface area contributed by atoms with Gasteiger partial charge >= 0.3 is 0 Å². The summed E-state index contributed by atoms with van der Waals surface area (Å²) in [7, 11) is 1.67. The van der Waals surface area contributed by atoms with Crippen molar-refractivity contribution in [1.29, 1.82) is 5.26 Å². The van der Waals surface area contributed by atoms with Crippen molar-refractivity contribution in [2.45, 2.75) is 39.0 Å². The predicted octanol–water partition coefficient (Wildman–Crippen LogP) is 4.72. The molecule has 0 heterocycles. The molecule has 2 nitrogen and oxygen atoms in total. The zero-order chi connectivity index (χ0) is 13.9. The molecular weight excluding hydrogens is 302 g/mol. The molecule has 1 aromatic rings. The van der Waals surface area contributed by atoms with Crippen LogP contribution in [0.2, 0.25) is 0 Å². The van der Waals surface area contributed by atoms with Crippen LogP contribution in [-0.4, -0.2) is 7.11 Å². The largest absolute Gasteiger partial charge is 0.496 e. The van der Waals surface area contributed by atoms with Gasteiger partial charge in [0.1, 0.15) is 5.75 Å². The van der Waals surface area contributed by atoms with Crippen LogP contribution in [0.15, 0.2) is 22.7 Å². The van der Waals surface area contributed by atoms with E-state index in [0.29, 0.717) is 0 Å². The van der Waals surface area contributed by atoms with Gasteiger partial charge in [-0.05, 0) is 65.2 Å². The molecular formula is C16H20BrNO. The van der Waals surface area contributed by atoms with Gasteiger partial charge in [-0.1, -0.05) is 19.4 Å². The molecule has 2 unspecified atom stereocenters. The van der Waals surface area contributed by atoms with E-state index in [0.717, 1.165) is 35.4 Å². The molecule has 19 heavy (non-hydrogen) atoms. The Bertz CT molecular complexity index is 494. The van der Waals surface area contributed by atoms with Crippen molar-refractivity contribution >= 4 is 15.9 Å². The maximum absolute atomic E-state index is 9.57. The first kappa shape index (κ1) is 14.4. The van der Waals surface area contributed by atoms with Gasteiger partial charge in [0, 0.05) is 0 Å². The lowest BCUT2D eigenvalue weighted by molar-refractivity contribution is 0.380. The van der Waals surface area contributed by atoms with Gasteiger partial charge < -0.3 is 4.74 Å². The van der Waals surface area contributed by atoms with Crippen molar-refractivity contribution in [3.05, 3.63) is 28.2 Å². The second kappa shape index (κ2) is 5.96. The van der Waals surface area contributed by atoms with Crippen molar-refractivity contribution in [3.8, 4) is 11.8 Å². The van der Waals surface area contributed by atoms with Gasteiger partial charge in [-0.2, -0.15) is 5.26 Å². The topological polar surface area (TPSA) is 33.0 Å². The molecule has 0 bridgehead atoms. The molecule has 0 spiro atoms. The molecule has 1 aliphatic rings. The number of ether oxygens (including phenoxy) is 1. The quantitative estimate of drug-likeness (QED) is 0.803. The molecule has 1 fully saturated rings. The Kier molecular flexibility index (Phi) is 4.52. The Balaban J connectivity index is 2.16. The minimum Gasteiger partial charge on any atom is -0.496 e. The highest BCUT2D eigenvalue weighted by molar-refractivity contribution is 9.10. The average Bonchev–Trinajstić information content (AvgIpc) is 2.83. The highest BCUT2D eigenvalue weighted by Crippen LogP contribution is 2.45. The first-order chi connectivity index (χ1) is 9.12. The van der Waals surface area contributed by atoms with Crippen molar-refractivity contribution in [2.24, 2.45) is 11.3 Å². The normalized spacial score (nSPS) is 26.1. The lowest BCUT2D eigenvalue weighted by Gasteiger charge is -2.21. The average molecular weight is 322 g/mol. The smallest absolute Gasteiger partial charge is 0.133 e. The fraction of sp³-hybridized carbons (Fsp3) is 0.562. The van der Waals surface area contributed by atoms with Crippen LogP contribution in [0, 0.1) is 22.7 Å². The minimum atomic E-state index is -0.158. The minimum absolute atomic E-state index is 0.158. The molecule has 0 aliphatic heterocycles. The van der Waals surface area contributed by atoms with E-state index in [1.165, 1.54) is 18.4 Å². The summed E-state index contributed by atoms with van der Waals surface area (Å²) >= 11 is 3.51. The van der Waals surface area contributed by atoms with Gasteiger partial charge in [0.15, 0.2) is 0 Å². The summed E-state index contributed by atoms with van der Waals surface area (Å²) in [6.45, 7) is 2.22. The van der Waals surface area contributed by atoms with E-state index in [4.69, 9.17) is 4.74 Å². The van der Waals surface area contributed by atoms with Crippen LogP contribution < -0.4 is 4.74 Å². The molecule has 1 saturated carbocycles. The van der Waals surface area contributed by atoms with E-state index in [2.05, 4.69) is 41.1 Å². The van der Waals surface area contributed by atoms with Crippen LogP contribution in [0.3, 0.4) is 0 Å². The molecule has 2 rings (SSSR count). The van der Waals surface area contributed by atoms with E-state index < -0.39 is 0 Å². The molecule has 1 aromatic carbocycles. The van der Waals surface area contributed by atoms with Gasteiger partial charge in [0.25, 0.3) is 0 Å². The second-order valence-electron chi connectivity index (χ2n) is 5.55. The van der Waals surface area contributed by atoms with Crippen LogP contribution in [0.4, 0.5) is 0 Å². The number of halogens is 1. The first-order valence-electron chi connectivity index (χ1n) is 6.86. The summed E-state index contributed by atoms with van der Waals surface area (Å²) in [5.41, 5.74) is 1.06. The number of nitriles is 1. The lowest BCUT2D eigenvalue weighted by Crippen LogP contribution is -2.18. The fourth-order valence-electron chi connectivity index (χ4n) is 3.10. The maximum Gasteiger partial charge on any atom is 0.133 e. The molecule has 0 aromatic heterocycles. The monoisotopic (exact) mass is 321 g/mol. The van der Waals surface area contributed by atoms with Crippen LogP contribution in [0.25, 0.3) is 0 Å². The van der Waals surface area contributed by atoms with Crippen molar-refractivity contribution < 1.29 is 4.74 Å². The maximum atomic E-state index is 9.57. The van der Waals surface area contributed by atoms with E-state index in [1.54, 1.807) is 7.11 Å². The summed E-state index contributed by atoms with van der Waals surface area (Å²) in [6.07, 6.45) is 5.31. The molecule has 0 amide bonds. The van der Waals surface area contributed by atoms with E-state index in [9.17, 15) is 5.26 Å². The Morgan fingerprint density at radius 2 is 2.32 bits per heavy atom. The van der Waals surface area contributed by atoms with Crippen LogP contribution in [-0.2, 0) is 6.42 Å². The Labute approximate surface area is 123 Å². The molecule has 102 valence electrons. The summed E-state index contributed by atoms with van der Waals surface area (Å²) in [5, 5.41) is 9.57. The number of rotatable bonds is 4. The van der Waals surface area contributed by atoms with Crippen molar-refractivity contribution in [1.82, 2.24) is 0 Å². The summed E-state index contributed by atoms with van der Waals surface area (Å²) in [4.78, 5) is 0. The standard InChI is InChI=1S/C16H20BrNO/c1-3-12-6-7-16(9-12,11-18)10-13-4-5-15(19-2)14(17)8-13/h4-5,8,12H,3,6-7,9-10H2,1-2H3. The van der Waals surface area contributed by atoms with Crippen molar-refractivity contribution in [2.75, 3.05) is 7.11 Å². The van der Waals surface area contributed by atoms with Gasteiger partial charge in [0.05, 0.1) is 23.1 Å².